The van der Waals surface area contributed by atoms with Crippen molar-refractivity contribution in [3.8, 4) is 5.75 Å². The van der Waals surface area contributed by atoms with Gasteiger partial charge in [-0.1, -0.05) is 77.1 Å². The minimum Gasteiger partial charge on any atom is -0.508 e. The Balaban J connectivity index is 2.22. The standard InChI is InChI=1S/C28H38N2O6/c1-18(2)24(30(7)27(35)36-17-19-11-9-8-10-12-19)25(32)29(6)22(26(33)34)16-20-13-14-23(31)21(15-20)28(3,4)5/h8-15,18,22,24,31H,16-17H2,1-7H3,(H,33,34)/t22-,24-/m0/s1. The smallest absolute Gasteiger partial charge is 0.410 e. The molecule has 0 unspecified atom stereocenters. The fourth-order valence-electron chi connectivity index (χ4n) is 4.12. The second-order valence-electron chi connectivity index (χ2n) is 10.4. The van der Waals surface area contributed by atoms with Crippen LogP contribution in [0.25, 0.3) is 0 Å². The molecule has 2 amide bonds. The van der Waals surface area contributed by atoms with E-state index >= 15 is 0 Å². The van der Waals surface area contributed by atoms with E-state index in [2.05, 4.69) is 0 Å². The van der Waals surface area contributed by atoms with Crippen LogP contribution in [-0.2, 0) is 32.8 Å². The molecule has 0 bridgehead atoms. The van der Waals surface area contributed by atoms with Gasteiger partial charge >= 0.3 is 12.1 Å². The average Bonchev–Trinajstić information content (AvgIpc) is 2.80. The second-order valence-corrected chi connectivity index (χ2v) is 10.4. The van der Waals surface area contributed by atoms with E-state index in [-0.39, 0.29) is 30.1 Å². The lowest BCUT2D eigenvalue weighted by molar-refractivity contribution is -0.151. The van der Waals surface area contributed by atoms with Crippen LogP contribution in [0.4, 0.5) is 4.79 Å². The lowest BCUT2D eigenvalue weighted by Crippen LogP contribution is -2.55. The number of hydrogen-bond donors (Lipinski definition) is 2. The highest BCUT2D eigenvalue weighted by molar-refractivity contribution is 5.89. The Hall–Kier alpha value is -3.55. The molecule has 0 spiro atoms. The third-order valence-corrected chi connectivity index (χ3v) is 6.19. The van der Waals surface area contributed by atoms with E-state index in [0.29, 0.717) is 11.1 Å². The van der Waals surface area contributed by atoms with Crippen molar-refractivity contribution in [2.24, 2.45) is 5.92 Å². The van der Waals surface area contributed by atoms with Crippen LogP contribution in [0.1, 0.15) is 51.3 Å². The first-order chi connectivity index (χ1) is 16.7. The van der Waals surface area contributed by atoms with Crippen molar-refractivity contribution >= 4 is 18.0 Å². The van der Waals surface area contributed by atoms with E-state index in [1.54, 1.807) is 32.0 Å². The number of amides is 2. The van der Waals surface area contributed by atoms with Gasteiger partial charge in [0.2, 0.25) is 5.91 Å². The fraction of sp³-hybridized carbons (Fsp3) is 0.464. The van der Waals surface area contributed by atoms with Gasteiger partial charge in [0, 0.05) is 20.5 Å². The first-order valence-electron chi connectivity index (χ1n) is 12.0. The van der Waals surface area contributed by atoms with Gasteiger partial charge in [0.15, 0.2) is 0 Å². The lowest BCUT2D eigenvalue weighted by Gasteiger charge is -2.35. The molecule has 0 aromatic heterocycles. The number of likely N-dealkylation sites (N-methyl/N-ethyl adjacent to an activating group) is 2. The van der Waals surface area contributed by atoms with Crippen molar-refractivity contribution in [3.63, 3.8) is 0 Å². The maximum absolute atomic E-state index is 13.5. The molecule has 0 aliphatic heterocycles. The molecule has 2 aromatic rings. The van der Waals surface area contributed by atoms with Crippen LogP contribution < -0.4 is 0 Å². The minimum absolute atomic E-state index is 0.0495. The van der Waals surface area contributed by atoms with E-state index in [9.17, 15) is 24.6 Å². The number of phenolic OH excluding ortho intramolecular Hbond substituents is 1. The van der Waals surface area contributed by atoms with E-state index in [1.165, 1.54) is 23.9 Å². The molecule has 36 heavy (non-hydrogen) atoms. The number of phenols is 1. The molecular formula is C28H38N2O6. The normalized spacial score (nSPS) is 13.1. The van der Waals surface area contributed by atoms with Crippen LogP contribution in [0.15, 0.2) is 48.5 Å². The summed E-state index contributed by atoms with van der Waals surface area (Å²) in [5.74, 6) is -1.80. The highest BCUT2D eigenvalue weighted by Crippen LogP contribution is 2.31. The Morgan fingerprint density at radius 3 is 2.08 bits per heavy atom. The zero-order valence-corrected chi connectivity index (χ0v) is 22.2. The Morgan fingerprint density at radius 1 is 0.944 bits per heavy atom. The lowest BCUT2D eigenvalue weighted by atomic mass is 9.84. The first-order valence-corrected chi connectivity index (χ1v) is 12.0. The summed E-state index contributed by atoms with van der Waals surface area (Å²) in [7, 11) is 2.92. The summed E-state index contributed by atoms with van der Waals surface area (Å²) in [6.07, 6.45) is -0.618. The van der Waals surface area contributed by atoms with Crippen molar-refractivity contribution in [2.45, 2.75) is 65.1 Å². The third kappa shape index (κ3) is 7.23. The molecule has 8 nitrogen and oxygen atoms in total. The number of nitrogens with zero attached hydrogens (tertiary/aromatic N) is 2. The molecule has 0 heterocycles. The highest BCUT2D eigenvalue weighted by atomic mass is 16.6. The third-order valence-electron chi connectivity index (χ3n) is 6.19. The van der Waals surface area contributed by atoms with E-state index in [4.69, 9.17) is 4.74 Å². The number of ether oxygens (including phenoxy) is 1. The van der Waals surface area contributed by atoms with Gasteiger partial charge in [0.1, 0.15) is 24.4 Å². The van der Waals surface area contributed by atoms with Gasteiger partial charge in [0.25, 0.3) is 0 Å². The number of rotatable bonds is 9. The number of aliphatic carboxylic acids is 1. The summed E-state index contributed by atoms with van der Waals surface area (Å²) in [5, 5.41) is 20.2. The molecular weight excluding hydrogens is 460 g/mol. The van der Waals surface area contributed by atoms with Gasteiger partial charge in [-0.2, -0.15) is 0 Å². The summed E-state index contributed by atoms with van der Waals surface area (Å²) in [5.41, 5.74) is 1.85. The molecule has 2 N–H and O–H groups in total. The molecule has 2 atom stereocenters. The van der Waals surface area contributed by atoms with Crippen LogP contribution >= 0.6 is 0 Å². The van der Waals surface area contributed by atoms with Crippen LogP contribution in [0, 0.1) is 5.92 Å². The van der Waals surface area contributed by atoms with Gasteiger partial charge in [-0.15, -0.1) is 0 Å². The largest absolute Gasteiger partial charge is 0.508 e. The second kappa shape index (κ2) is 11.9. The topological polar surface area (TPSA) is 107 Å². The van der Waals surface area contributed by atoms with Crippen LogP contribution in [-0.4, -0.2) is 64.2 Å². The van der Waals surface area contributed by atoms with Crippen molar-refractivity contribution < 1.29 is 29.3 Å². The molecule has 0 saturated heterocycles. The fourth-order valence-corrected chi connectivity index (χ4v) is 4.12. The molecule has 196 valence electrons. The molecule has 0 saturated carbocycles. The Kier molecular flexibility index (Phi) is 9.50. The van der Waals surface area contributed by atoms with E-state index < -0.39 is 30.1 Å². The van der Waals surface area contributed by atoms with Crippen LogP contribution in [0.3, 0.4) is 0 Å². The van der Waals surface area contributed by atoms with Crippen molar-refractivity contribution in [1.29, 1.82) is 0 Å². The Labute approximate surface area is 213 Å². The predicted molar refractivity (Wildman–Crippen MR) is 138 cm³/mol. The maximum Gasteiger partial charge on any atom is 0.410 e. The summed E-state index contributed by atoms with van der Waals surface area (Å²) >= 11 is 0. The van der Waals surface area contributed by atoms with Gasteiger partial charge in [0.05, 0.1) is 0 Å². The van der Waals surface area contributed by atoms with Gasteiger partial charge in [-0.05, 0) is 34.1 Å². The molecule has 0 radical (unpaired) electrons. The van der Waals surface area contributed by atoms with E-state index in [1.807, 2.05) is 51.1 Å². The van der Waals surface area contributed by atoms with Crippen molar-refractivity contribution in [3.05, 3.63) is 65.2 Å². The molecule has 0 fully saturated rings. The summed E-state index contributed by atoms with van der Waals surface area (Å²) in [6.45, 7) is 9.52. The zero-order chi connectivity index (χ0) is 27.2. The highest BCUT2D eigenvalue weighted by Gasteiger charge is 2.37. The number of benzene rings is 2. The Bertz CT molecular complexity index is 1060. The predicted octanol–water partition coefficient (Wildman–Crippen LogP) is 4.44. The monoisotopic (exact) mass is 498 g/mol. The van der Waals surface area contributed by atoms with Gasteiger partial charge in [-0.3, -0.25) is 9.69 Å². The van der Waals surface area contributed by atoms with Crippen molar-refractivity contribution in [2.75, 3.05) is 14.1 Å². The van der Waals surface area contributed by atoms with Crippen molar-refractivity contribution in [1.82, 2.24) is 9.80 Å². The number of hydrogen-bond acceptors (Lipinski definition) is 5. The summed E-state index contributed by atoms with van der Waals surface area (Å²) < 4.78 is 5.39. The summed E-state index contributed by atoms with van der Waals surface area (Å²) in [4.78, 5) is 40.8. The van der Waals surface area contributed by atoms with Gasteiger partial charge in [-0.25, -0.2) is 9.59 Å². The molecule has 8 heteroatoms. The molecule has 0 aliphatic carbocycles. The van der Waals surface area contributed by atoms with Crippen LogP contribution in [0.2, 0.25) is 0 Å². The molecule has 2 rings (SSSR count). The van der Waals surface area contributed by atoms with E-state index in [0.717, 1.165) is 5.56 Å². The molecule has 2 aromatic carbocycles. The first kappa shape index (κ1) is 28.7. The maximum atomic E-state index is 13.5. The minimum atomic E-state index is -1.16. The number of aromatic hydroxyl groups is 1. The molecule has 0 aliphatic rings. The number of carbonyl (C=O) groups is 3. The van der Waals surface area contributed by atoms with Crippen LogP contribution in [0.5, 0.6) is 5.75 Å². The number of carboxylic acid groups (broad SMARTS) is 1. The number of carbonyl (C=O) groups excluding carboxylic acids is 2. The Morgan fingerprint density at radius 2 is 1.56 bits per heavy atom. The SMILES string of the molecule is CC(C)[C@@H](C(=O)N(C)[C@@H](Cc1ccc(O)c(C(C)(C)C)c1)C(=O)O)N(C)C(=O)OCc1ccccc1. The van der Waals surface area contributed by atoms with Gasteiger partial charge < -0.3 is 19.8 Å². The average molecular weight is 499 g/mol. The number of carboxylic acids is 1. The zero-order valence-electron chi connectivity index (χ0n) is 22.2. The summed E-state index contributed by atoms with van der Waals surface area (Å²) in [6, 6.07) is 12.1. The quantitative estimate of drug-likeness (QED) is 0.529.